The Balaban J connectivity index is 1.80. The highest BCUT2D eigenvalue weighted by Gasteiger charge is 2.46. The van der Waals surface area contributed by atoms with Gasteiger partial charge in [0.2, 0.25) is 0 Å². The second kappa shape index (κ2) is 6.90. The second-order valence-corrected chi connectivity index (χ2v) is 8.01. The van der Waals surface area contributed by atoms with Crippen LogP contribution >= 0.6 is 0 Å². The molecular formula is C18H29N5O3. The van der Waals surface area contributed by atoms with Crippen LogP contribution in [0.15, 0.2) is 10.9 Å². The number of aliphatic hydroxyl groups is 1. The molecule has 2 aliphatic heterocycles. The lowest BCUT2D eigenvalue weighted by Gasteiger charge is -2.50. The highest BCUT2D eigenvalue weighted by molar-refractivity contribution is 5.74. The van der Waals surface area contributed by atoms with Crippen LogP contribution in [0.4, 0.5) is 10.6 Å². The number of aromatic nitrogens is 2. The SMILES string of the molecule is CC(C)c1nc(N2CC[C@]3(O)CCN(C(=O)N(C)C)C[C@@H]3C2)cc(=O)[nH]1. The first-order chi connectivity index (χ1) is 12.2. The van der Waals surface area contributed by atoms with Gasteiger partial charge in [0, 0.05) is 58.2 Å². The molecule has 0 spiro atoms. The van der Waals surface area contributed by atoms with Crippen LogP contribution in [-0.4, -0.2) is 76.8 Å². The molecule has 2 saturated heterocycles. The molecule has 3 rings (SSSR count). The van der Waals surface area contributed by atoms with Gasteiger partial charge >= 0.3 is 6.03 Å². The van der Waals surface area contributed by atoms with Crippen LogP contribution in [0, 0.1) is 5.92 Å². The van der Waals surface area contributed by atoms with Crippen LogP contribution in [0.5, 0.6) is 0 Å². The van der Waals surface area contributed by atoms with E-state index in [1.165, 1.54) is 6.07 Å². The van der Waals surface area contributed by atoms with Crippen molar-refractivity contribution in [2.45, 2.75) is 38.2 Å². The van der Waals surface area contributed by atoms with Gasteiger partial charge in [0.15, 0.2) is 0 Å². The van der Waals surface area contributed by atoms with Crippen LogP contribution in [0.25, 0.3) is 0 Å². The Kier molecular flexibility index (Phi) is 4.96. The third kappa shape index (κ3) is 3.56. The Morgan fingerprint density at radius 1 is 1.35 bits per heavy atom. The number of hydrogen-bond donors (Lipinski definition) is 2. The average Bonchev–Trinajstić information content (AvgIpc) is 2.59. The summed E-state index contributed by atoms with van der Waals surface area (Å²) in [5, 5.41) is 11.0. The van der Waals surface area contributed by atoms with Gasteiger partial charge in [0.25, 0.3) is 5.56 Å². The fourth-order valence-corrected chi connectivity index (χ4v) is 3.87. The minimum absolute atomic E-state index is 0.0273. The van der Waals surface area contributed by atoms with Crippen LogP contribution in [0.1, 0.15) is 38.4 Å². The molecule has 8 heteroatoms. The van der Waals surface area contributed by atoms with Gasteiger partial charge in [-0.15, -0.1) is 0 Å². The standard InChI is InChI=1S/C18H29N5O3/c1-12(2)16-19-14(9-15(24)20-16)22-7-5-18(26)6-8-23(11-13(18)10-22)17(25)21(3)4/h9,12-13,26H,5-8,10-11H2,1-4H3,(H,19,20,24)/t13-,18-/m0/s1. The van der Waals surface area contributed by atoms with Crippen molar-refractivity contribution >= 4 is 11.8 Å². The normalized spacial score (nSPS) is 26.0. The number of fused-ring (bicyclic) bond motifs is 1. The van der Waals surface area contributed by atoms with Gasteiger partial charge in [-0.05, 0) is 12.8 Å². The zero-order valence-corrected chi connectivity index (χ0v) is 16.0. The van der Waals surface area contributed by atoms with Gasteiger partial charge in [0.05, 0.1) is 5.60 Å². The number of likely N-dealkylation sites (tertiary alicyclic amines) is 1. The summed E-state index contributed by atoms with van der Waals surface area (Å²) >= 11 is 0. The highest BCUT2D eigenvalue weighted by Crippen LogP contribution is 2.36. The molecule has 144 valence electrons. The topological polar surface area (TPSA) is 92.8 Å². The molecule has 0 aliphatic carbocycles. The van der Waals surface area contributed by atoms with E-state index in [0.717, 1.165) is 0 Å². The maximum atomic E-state index is 12.3. The van der Waals surface area contributed by atoms with Crippen molar-refractivity contribution in [3.8, 4) is 0 Å². The second-order valence-electron chi connectivity index (χ2n) is 8.01. The molecule has 1 aromatic rings. The predicted molar refractivity (Wildman–Crippen MR) is 99.5 cm³/mol. The van der Waals surface area contributed by atoms with E-state index in [9.17, 15) is 14.7 Å². The molecule has 3 heterocycles. The molecular weight excluding hydrogens is 334 g/mol. The maximum Gasteiger partial charge on any atom is 0.319 e. The maximum absolute atomic E-state index is 12.3. The molecule has 2 atom stereocenters. The van der Waals surface area contributed by atoms with E-state index in [1.54, 1.807) is 23.9 Å². The first kappa shape index (κ1) is 18.7. The van der Waals surface area contributed by atoms with Gasteiger partial charge in [-0.1, -0.05) is 13.8 Å². The number of piperidine rings is 2. The lowest BCUT2D eigenvalue weighted by molar-refractivity contribution is -0.0760. The van der Waals surface area contributed by atoms with Gasteiger partial charge in [-0.2, -0.15) is 0 Å². The van der Waals surface area contributed by atoms with Gasteiger partial charge in [0.1, 0.15) is 11.6 Å². The number of urea groups is 1. The fourth-order valence-electron chi connectivity index (χ4n) is 3.87. The fraction of sp³-hybridized carbons (Fsp3) is 0.722. The van der Waals surface area contributed by atoms with Gasteiger partial charge < -0.3 is 24.8 Å². The Morgan fingerprint density at radius 2 is 2.04 bits per heavy atom. The summed E-state index contributed by atoms with van der Waals surface area (Å²) < 4.78 is 0. The van der Waals surface area contributed by atoms with E-state index in [1.807, 2.05) is 13.8 Å². The first-order valence-corrected chi connectivity index (χ1v) is 9.24. The number of amides is 2. The van der Waals surface area contributed by atoms with E-state index in [0.29, 0.717) is 50.7 Å². The lowest BCUT2D eigenvalue weighted by Crippen LogP contribution is -2.61. The summed E-state index contributed by atoms with van der Waals surface area (Å²) in [7, 11) is 3.48. The number of aromatic amines is 1. The molecule has 0 saturated carbocycles. The zero-order valence-electron chi connectivity index (χ0n) is 16.0. The first-order valence-electron chi connectivity index (χ1n) is 9.24. The van der Waals surface area contributed by atoms with Crippen molar-refractivity contribution in [3.63, 3.8) is 0 Å². The van der Waals surface area contributed by atoms with E-state index in [2.05, 4.69) is 14.9 Å². The number of hydrogen-bond acceptors (Lipinski definition) is 5. The molecule has 2 aliphatic rings. The van der Waals surface area contributed by atoms with Crippen molar-refractivity contribution in [1.29, 1.82) is 0 Å². The van der Waals surface area contributed by atoms with E-state index in [-0.39, 0.29) is 23.4 Å². The molecule has 2 N–H and O–H groups in total. The van der Waals surface area contributed by atoms with Crippen LogP contribution in [0.2, 0.25) is 0 Å². The van der Waals surface area contributed by atoms with Gasteiger partial charge in [-0.3, -0.25) is 4.79 Å². The summed E-state index contributed by atoms with van der Waals surface area (Å²) in [6, 6.07) is 1.49. The number of nitrogens with zero attached hydrogens (tertiary/aromatic N) is 4. The molecule has 26 heavy (non-hydrogen) atoms. The monoisotopic (exact) mass is 363 g/mol. The Morgan fingerprint density at radius 3 is 2.69 bits per heavy atom. The molecule has 2 fully saturated rings. The quantitative estimate of drug-likeness (QED) is 0.812. The van der Waals surface area contributed by atoms with E-state index in [4.69, 9.17) is 0 Å². The smallest absolute Gasteiger partial charge is 0.319 e. The van der Waals surface area contributed by atoms with Crippen molar-refractivity contribution in [2.24, 2.45) is 5.92 Å². The summed E-state index contributed by atoms with van der Waals surface area (Å²) in [5.74, 6) is 1.39. The molecule has 0 bridgehead atoms. The highest BCUT2D eigenvalue weighted by atomic mass is 16.3. The molecule has 8 nitrogen and oxygen atoms in total. The van der Waals surface area contributed by atoms with Crippen LogP contribution < -0.4 is 10.5 Å². The van der Waals surface area contributed by atoms with Crippen molar-refractivity contribution < 1.29 is 9.90 Å². The molecule has 1 aromatic heterocycles. The van der Waals surface area contributed by atoms with Crippen molar-refractivity contribution in [3.05, 3.63) is 22.2 Å². The lowest BCUT2D eigenvalue weighted by atomic mass is 9.75. The summed E-state index contributed by atoms with van der Waals surface area (Å²) in [4.78, 5) is 37.1. The number of carbonyl (C=O) groups excluding carboxylic acids is 1. The van der Waals surface area contributed by atoms with E-state index >= 15 is 0 Å². The zero-order chi connectivity index (χ0) is 19.1. The third-order valence-electron chi connectivity index (χ3n) is 5.54. The predicted octanol–water partition coefficient (Wildman–Crippen LogP) is 0.838. The largest absolute Gasteiger partial charge is 0.389 e. The van der Waals surface area contributed by atoms with E-state index < -0.39 is 5.60 Å². The Bertz CT molecular complexity index is 732. The molecule has 0 aromatic carbocycles. The van der Waals surface area contributed by atoms with Gasteiger partial charge in [-0.25, -0.2) is 9.78 Å². The third-order valence-corrected chi connectivity index (χ3v) is 5.54. The molecule has 0 unspecified atom stereocenters. The molecule has 0 radical (unpaired) electrons. The number of anilines is 1. The van der Waals surface area contributed by atoms with Crippen molar-refractivity contribution in [1.82, 2.24) is 19.8 Å². The number of rotatable bonds is 2. The summed E-state index contributed by atoms with van der Waals surface area (Å²) in [5.41, 5.74) is -0.908. The van der Waals surface area contributed by atoms with Crippen LogP contribution in [0.3, 0.4) is 0 Å². The molecule has 2 amide bonds. The minimum atomic E-state index is -0.748. The number of nitrogens with one attached hydrogen (secondary N) is 1. The average molecular weight is 363 g/mol. The minimum Gasteiger partial charge on any atom is -0.389 e. The summed E-state index contributed by atoms with van der Waals surface area (Å²) in [6.45, 7) is 6.31. The van der Waals surface area contributed by atoms with Crippen LogP contribution in [-0.2, 0) is 0 Å². The Labute approximate surface area is 153 Å². The number of H-pyrrole nitrogens is 1. The summed E-state index contributed by atoms with van der Waals surface area (Å²) in [6.07, 6.45) is 1.21. The van der Waals surface area contributed by atoms with Crippen molar-refractivity contribution in [2.75, 3.05) is 45.2 Å². The number of carbonyl (C=O) groups is 1. The Hall–Kier alpha value is -2.09.